The zero-order chi connectivity index (χ0) is 20.6. The van der Waals surface area contributed by atoms with Gasteiger partial charge in [0.15, 0.2) is 5.82 Å². The van der Waals surface area contributed by atoms with Crippen LogP contribution in [-0.4, -0.2) is 10.1 Å². The molecule has 0 saturated carbocycles. The largest absolute Gasteiger partial charge is 0.333 e. The van der Waals surface area contributed by atoms with Crippen LogP contribution in [0, 0.1) is 11.3 Å². The number of rotatable bonds is 6. The Hall–Kier alpha value is -4.23. The second-order valence-corrected chi connectivity index (χ2v) is 6.67. The van der Waals surface area contributed by atoms with E-state index in [2.05, 4.69) is 16.2 Å². The Morgan fingerprint density at radius 2 is 1.40 bits per heavy atom. The summed E-state index contributed by atoms with van der Waals surface area (Å²) < 4.78 is 5.46. The van der Waals surface area contributed by atoms with Gasteiger partial charge < -0.3 is 4.52 Å². The summed E-state index contributed by atoms with van der Waals surface area (Å²) in [6.07, 6.45) is 5.42. The van der Waals surface area contributed by atoms with Crippen LogP contribution < -0.4 is 0 Å². The fourth-order valence-electron chi connectivity index (χ4n) is 3.22. The lowest BCUT2D eigenvalue weighted by molar-refractivity contribution is 0.400. The van der Waals surface area contributed by atoms with E-state index in [9.17, 15) is 5.26 Å². The second-order valence-electron chi connectivity index (χ2n) is 6.67. The molecular weight excluding hydrogens is 370 g/mol. The standard InChI is InChI=1S/C26H19N3O/c27-19-23(18-10-13-20-11-4-1-5-12-20)26-28-25(29-30-26)24(21-14-6-2-7-15-21)22-16-8-3-9-17-22/h1-18,24H/b13-10+,23-18+. The number of nitrogens with zero attached hydrogens (tertiary/aromatic N) is 3. The Balaban J connectivity index is 1.66. The van der Waals surface area contributed by atoms with Gasteiger partial charge in [-0.25, -0.2) is 0 Å². The van der Waals surface area contributed by atoms with Crippen LogP contribution in [0.3, 0.4) is 0 Å². The van der Waals surface area contributed by atoms with Gasteiger partial charge in [0, 0.05) is 0 Å². The average Bonchev–Trinajstić information content (AvgIpc) is 3.28. The van der Waals surface area contributed by atoms with Gasteiger partial charge in [0.1, 0.15) is 11.6 Å². The molecule has 4 rings (SSSR count). The molecule has 1 aromatic heterocycles. The van der Waals surface area contributed by atoms with Gasteiger partial charge in [-0.3, -0.25) is 0 Å². The minimum Gasteiger partial charge on any atom is -0.333 e. The highest BCUT2D eigenvalue weighted by Gasteiger charge is 2.23. The van der Waals surface area contributed by atoms with Crippen LogP contribution in [0.5, 0.6) is 0 Å². The number of hydrogen-bond donors (Lipinski definition) is 0. The van der Waals surface area contributed by atoms with Crippen LogP contribution in [0.4, 0.5) is 0 Å². The van der Waals surface area contributed by atoms with Crippen LogP contribution in [0.15, 0.2) is 108 Å². The predicted octanol–water partition coefficient (Wildman–Crippen LogP) is 5.87. The van der Waals surface area contributed by atoms with E-state index in [4.69, 9.17) is 4.52 Å². The van der Waals surface area contributed by atoms with Gasteiger partial charge in [-0.1, -0.05) is 108 Å². The molecule has 0 aliphatic carbocycles. The Kier molecular flexibility index (Phi) is 5.93. The third-order valence-corrected chi connectivity index (χ3v) is 4.67. The van der Waals surface area contributed by atoms with Gasteiger partial charge >= 0.3 is 0 Å². The fourth-order valence-corrected chi connectivity index (χ4v) is 3.22. The maximum absolute atomic E-state index is 9.58. The Morgan fingerprint density at radius 1 is 0.833 bits per heavy atom. The summed E-state index contributed by atoms with van der Waals surface area (Å²) in [6, 6.07) is 32.1. The van der Waals surface area contributed by atoms with Crippen molar-refractivity contribution in [3.8, 4) is 6.07 Å². The van der Waals surface area contributed by atoms with Gasteiger partial charge in [0.25, 0.3) is 5.89 Å². The molecule has 0 saturated heterocycles. The SMILES string of the molecule is N#C/C(=C\C=C\c1ccccc1)c1nc(C(c2ccccc2)c2ccccc2)no1. The first kappa shape index (κ1) is 19.1. The lowest BCUT2D eigenvalue weighted by Gasteiger charge is -2.13. The summed E-state index contributed by atoms with van der Waals surface area (Å²) >= 11 is 0. The van der Waals surface area contributed by atoms with Crippen LogP contribution in [0.25, 0.3) is 11.6 Å². The van der Waals surface area contributed by atoms with Crippen molar-refractivity contribution >= 4 is 11.6 Å². The molecule has 0 N–H and O–H groups in total. The minimum absolute atomic E-state index is 0.176. The smallest absolute Gasteiger partial charge is 0.268 e. The molecule has 0 amide bonds. The molecule has 0 spiro atoms. The van der Waals surface area contributed by atoms with E-state index in [0.717, 1.165) is 16.7 Å². The summed E-state index contributed by atoms with van der Waals surface area (Å²) in [7, 11) is 0. The molecule has 0 unspecified atom stereocenters. The zero-order valence-corrected chi connectivity index (χ0v) is 16.2. The second kappa shape index (κ2) is 9.31. The van der Waals surface area contributed by atoms with Gasteiger partial charge in [-0.15, -0.1) is 0 Å². The minimum atomic E-state index is -0.176. The fraction of sp³-hybridized carbons (Fsp3) is 0.0385. The van der Waals surface area contributed by atoms with Gasteiger partial charge in [0.2, 0.25) is 0 Å². The quantitative estimate of drug-likeness (QED) is 0.306. The molecule has 4 heteroatoms. The first-order valence-electron chi connectivity index (χ1n) is 9.62. The number of nitriles is 1. The average molecular weight is 389 g/mol. The monoisotopic (exact) mass is 389 g/mol. The van der Waals surface area contributed by atoms with E-state index in [1.54, 1.807) is 6.08 Å². The van der Waals surface area contributed by atoms with Crippen molar-refractivity contribution in [1.82, 2.24) is 10.1 Å². The number of hydrogen-bond acceptors (Lipinski definition) is 4. The van der Waals surface area contributed by atoms with E-state index in [-0.39, 0.29) is 11.8 Å². The number of aromatic nitrogens is 2. The topological polar surface area (TPSA) is 62.7 Å². The van der Waals surface area contributed by atoms with E-state index >= 15 is 0 Å². The summed E-state index contributed by atoms with van der Waals surface area (Å²) in [5, 5.41) is 13.8. The van der Waals surface area contributed by atoms with Crippen molar-refractivity contribution in [1.29, 1.82) is 5.26 Å². The van der Waals surface area contributed by atoms with Gasteiger partial charge in [-0.2, -0.15) is 10.2 Å². The van der Waals surface area contributed by atoms with Crippen LogP contribution in [-0.2, 0) is 0 Å². The molecule has 0 atom stereocenters. The van der Waals surface area contributed by atoms with Crippen molar-refractivity contribution < 1.29 is 4.52 Å². The van der Waals surface area contributed by atoms with Crippen molar-refractivity contribution in [2.45, 2.75) is 5.92 Å². The predicted molar refractivity (Wildman–Crippen MR) is 117 cm³/mol. The molecule has 4 nitrogen and oxygen atoms in total. The Labute approximate surface area is 175 Å². The van der Waals surface area contributed by atoms with Crippen molar-refractivity contribution in [3.05, 3.63) is 132 Å². The number of benzene rings is 3. The molecule has 1 heterocycles. The van der Waals surface area contributed by atoms with Crippen molar-refractivity contribution in [2.75, 3.05) is 0 Å². The summed E-state index contributed by atoms with van der Waals surface area (Å²) in [5.74, 6) is 0.558. The van der Waals surface area contributed by atoms with Crippen molar-refractivity contribution in [2.24, 2.45) is 0 Å². The van der Waals surface area contributed by atoms with Gasteiger partial charge in [-0.05, 0) is 22.8 Å². The van der Waals surface area contributed by atoms with E-state index in [1.807, 2.05) is 103 Å². The third-order valence-electron chi connectivity index (χ3n) is 4.67. The maximum Gasteiger partial charge on any atom is 0.268 e. The molecular formula is C26H19N3O. The Morgan fingerprint density at radius 3 is 1.97 bits per heavy atom. The summed E-state index contributed by atoms with van der Waals surface area (Å²) in [5.41, 5.74) is 3.48. The van der Waals surface area contributed by atoms with Crippen molar-refractivity contribution in [3.63, 3.8) is 0 Å². The summed E-state index contributed by atoms with van der Waals surface area (Å²) in [6.45, 7) is 0. The Bertz CT molecular complexity index is 1150. The first-order valence-corrected chi connectivity index (χ1v) is 9.62. The molecule has 30 heavy (non-hydrogen) atoms. The molecule has 0 bridgehead atoms. The zero-order valence-electron chi connectivity index (χ0n) is 16.2. The highest BCUT2D eigenvalue weighted by molar-refractivity contribution is 5.74. The van der Waals surface area contributed by atoms with E-state index in [0.29, 0.717) is 11.4 Å². The molecule has 144 valence electrons. The lowest BCUT2D eigenvalue weighted by Crippen LogP contribution is -2.05. The molecule has 0 radical (unpaired) electrons. The number of allylic oxidation sites excluding steroid dienone is 3. The highest BCUT2D eigenvalue weighted by atomic mass is 16.5. The normalized spacial score (nSPS) is 11.7. The molecule has 0 aliphatic rings. The molecule has 3 aromatic carbocycles. The van der Waals surface area contributed by atoms with E-state index < -0.39 is 0 Å². The van der Waals surface area contributed by atoms with Crippen LogP contribution in [0.2, 0.25) is 0 Å². The van der Waals surface area contributed by atoms with Gasteiger partial charge in [0.05, 0.1) is 5.92 Å². The summed E-state index contributed by atoms with van der Waals surface area (Å²) in [4.78, 5) is 4.56. The molecule has 0 aliphatic heterocycles. The molecule has 4 aromatic rings. The maximum atomic E-state index is 9.58. The lowest BCUT2D eigenvalue weighted by atomic mass is 9.91. The third kappa shape index (κ3) is 4.43. The molecule has 0 fully saturated rings. The van der Waals surface area contributed by atoms with E-state index in [1.165, 1.54) is 0 Å². The first-order chi connectivity index (χ1) is 14.8. The van der Waals surface area contributed by atoms with Crippen LogP contribution >= 0.6 is 0 Å². The van der Waals surface area contributed by atoms with Crippen LogP contribution in [0.1, 0.15) is 34.3 Å². The highest BCUT2D eigenvalue weighted by Crippen LogP contribution is 2.30.